The van der Waals surface area contributed by atoms with E-state index in [2.05, 4.69) is 5.32 Å². The summed E-state index contributed by atoms with van der Waals surface area (Å²) in [5, 5.41) is 21.0. The molecule has 2 aromatic carbocycles. The lowest BCUT2D eigenvalue weighted by atomic mass is 10.1. The SMILES string of the molecule is Cc1ccc(NC(=O)/C(C#N)=C/c2cc(Cl)ccc2OCC(=O)O)cc1. The summed E-state index contributed by atoms with van der Waals surface area (Å²) in [5.41, 5.74) is 1.75. The molecule has 2 aromatic rings. The van der Waals surface area contributed by atoms with Crippen molar-refractivity contribution in [2.45, 2.75) is 6.92 Å². The number of aryl methyl sites for hydroxylation is 1. The fraction of sp³-hybridized carbons (Fsp3) is 0.105. The molecule has 0 unspecified atom stereocenters. The van der Waals surface area contributed by atoms with E-state index in [1.807, 2.05) is 25.1 Å². The Morgan fingerprint density at radius 1 is 1.27 bits per heavy atom. The number of carbonyl (C=O) groups is 2. The third kappa shape index (κ3) is 5.36. The zero-order valence-electron chi connectivity index (χ0n) is 13.8. The minimum Gasteiger partial charge on any atom is -0.481 e. The van der Waals surface area contributed by atoms with Crippen LogP contribution in [0.2, 0.25) is 5.02 Å². The summed E-state index contributed by atoms with van der Waals surface area (Å²) in [5.74, 6) is -1.54. The van der Waals surface area contributed by atoms with Crippen molar-refractivity contribution in [2.75, 3.05) is 11.9 Å². The van der Waals surface area contributed by atoms with Gasteiger partial charge in [0.1, 0.15) is 17.4 Å². The summed E-state index contributed by atoms with van der Waals surface area (Å²) in [4.78, 5) is 23.0. The van der Waals surface area contributed by atoms with Gasteiger partial charge in [-0.25, -0.2) is 4.79 Å². The lowest BCUT2D eigenvalue weighted by Crippen LogP contribution is -2.13. The van der Waals surface area contributed by atoms with Gasteiger partial charge in [0, 0.05) is 16.3 Å². The molecule has 7 heteroatoms. The van der Waals surface area contributed by atoms with Crippen LogP contribution in [0.25, 0.3) is 6.08 Å². The second kappa shape index (κ2) is 8.70. The highest BCUT2D eigenvalue weighted by Crippen LogP contribution is 2.25. The molecule has 2 N–H and O–H groups in total. The number of rotatable bonds is 6. The quantitative estimate of drug-likeness (QED) is 0.597. The largest absolute Gasteiger partial charge is 0.481 e. The number of ether oxygens (including phenoxy) is 1. The number of hydrogen-bond acceptors (Lipinski definition) is 4. The standard InChI is InChI=1S/C19H15ClN2O4/c1-12-2-5-16(6-3-12)22-19(25)14(10-21)8-13-9-15(20)4-7-17(13)26-11-18(23)24/h2-9H,11H2,1H3,(H,22,25)(H,23,24)/b14-8+. The molecule has 0 spiro atoms. The van der Waals surface area contributed by atoms with E-state index in [1.54, 1.807) is 12.1 Å². The Morgan fingerprint density at radius 3 is 2.58 bits per heavy atom. The van der Waals surface area contributed by atoms with Gasteiger partial charge in [-0.2, -0.15) is 5.26 Å². The number of nitriles is 1. The lowest BCUT2D eigenvalue weighted by Gasteiger charge is -2.09. The van der Waals surface area contributed by atoms with Crippen LogP contribution in [0.5, 0.6) is 5.75 Å². The van der Waals surface area contributed by atoms with Gasteiger partial charge in [0.25, 0.3) is 5.91 Å². The van der Waals surface area contributed by atoms with Crippen molar-refractivity contribution in [2.24, 2.45) is 0 Å². The summed E-state index contributed by atoms with van der Waals surface area (Å²) in [6, 6.07) is 13.4. The molecule has 2 rings (SSSR count). The first kappa shape index (κ1) is 19.0. The second-order valence-electron chi connectivity index (χ2n) is 5.35. The van der Waals surface area contributed by atoms with E-state index < -0.39 is 18.5 Å². The van der Waals surface area contributed by atoms with Crippen molar-refractivity contribution < 1.29 is 19.4 Å². The van der Waals surface area contributed by atoms with E-state index in [0.29, 0.717) is 16.3 Å². The molecule has 132 valence electrons. The predicted octanol–water partition coefficient (Wildman–Crippen LogP) is 3.66. The van der Waals surface area contributed by atoms with Crippen LogP contribution in [0.15, 0.2) is 48.0 Å². The Kier molecular flexibility index (Phi) is 6.36. The normalized spacial score (nSPS) is 10.7. The van der Waals surface area contributed by atoms with Gasteiger partial charge < -0.3 is 15.2 Å². The molecule has 0 fully saturated rings. The van der Waals surface area contributed by atoms with Gasteiger partial charge in [-0.3, -0.25) is 4.79 Å². The first-order valence-corrected chi connectivity index (χ1v) is 7.91. The molecule has 0 atom stereocenters. The highest BCUT2D eigenvalue weighted by molar-refractivity contribution is 6.30. The van der Waals surface area contributed by atoms with Crippen LogP contribution in [0.3, 0.4) is 0 Å². The molecule has 0 bridgehead atoms. The topological polar surface area (TPSA) is 99.4 Å². The van der Waals surface area contributed by atoms with Crippen molar-refractivity contribution in [3.05, 3.63) is 64.2 Å². The number of aliphatic carboxylic acids is 1. The molecule has 0 aliphatic carbocycles. The van der Waals surface area contributed by atoms with E-state index in [4.69, 9.17) is 21.4 Å². The van der Waals surface area contributed by atoms with Crippen LogP contribution >= 0.6 is 11.6 Å². The summed E-state index contributed by atoms with van der Waals surface area (Å²) in [6.07, 6.45) is 1.30. The highest BCUT2D eigenvalue weighted by atomic mass is 35.5. The Balaban J connectivity index is 2.28. The van der Waals surface area contributed by atoms with Crippen molar-refractivity contribution in [3.63, 3.8) is 0 Å². The molecular formula is C19H15ClN2O4. The van der Waals surface area contributed by atoms with Crippen molar-refractivity contribution in [1.82, 2.24) is 0 Å². The molecular weight excluding hydrogens is 356 g/mol. The highest BCUT2D eigenvalue weighted by Gasteiger charge is 2.12. The lowest BCUT2D eigenvalue weighted by molar-refractivity contribution is -0.139. The number of carbonyl (C=O) groups excluding carboxylic acids is 1. The second-order valence-corrected chi connectivity index (χ2v) is 5.79. The Bertz CT molecular complexity index is 899. The molecule has 1 amide bonds. The molecule has 0 aromatic heterocycles. The zero-order chi connectivity index (χ0) is 19.1. The number of carboxylic acids is 1. The van der Waals surface area contributed by atoms with Crippen LogP contribution in [0.4, 0.5) is 5.69 Å². The van der Waals surface area contributed by atoms with Crippen LogP contribution in [-0.4, -0.2) is 23.6 Å². The number of carboxylic acid groups (broad SMARTS) is 1. The van der Waals surface area contributed by atoms with E-state index in [-0.39, 0.29) is 11.3 Å². The van der Waals surface area contributed by atoms with Gasteiger partial charge in [-0.1, -0.05) is 29.3 Å². The van der Waals surface area contributed by atoms with Crippen LogP contribution in [0, 0.1) is 18.3 Å². The number of amides is 1. The van der Waals surface area contributed by atoms with Gasteiger partial charge >= 0.3 is 5.97 Å². The fourth-order valence-electron chi connectivity index (χ4n) is 2.04. The maximum absolute atomic E-state index is 12.3. The van der Waals surface area contributed by atoms with Crippen molar-refractivity contribution in [3.8, 4) is 11.8 Å². The molecule has 26 heavy (non-hydrogen) atoms. The fourth-order valence-corrected chi connectivity index (χ4v) is 2.22. The Morgan fingerprint density at radius 2 is 1.96 bits per heavy atom. The first-order valence-electron chi connectivity index (χ1n) is 7.53. The molecule has 6 nitrogen and oxygen atoms in total. The van der Waals surface area contributed by atoms with E-state index in [0.717, 1.165) is 5.56 Å². The number of nitrogens with zero attached hydrogens (tertiary/aromatic N) is 1. The third-order valence-electron chi connectivity index (χ3n) is 3.30. The van der Waals surface area contributed by atoms with Crippen molar-refractivity contribution >= 4 is 35.2 Å². The summed E-state index contributed by atoms with van der Waals surface area (Å²) < 4.78 is 5.17. The maximum Gasteiger partial charge on any atom is 0.341 e. The smallest absolute Gasteiger partial charge is 0.341 e. The van der Waals surface area contributed by atoms with Gasteiger partial charge in [0.15, 0.2) is 6.61 Å². The van der Waals surface area contributed by atoms with Gasteiger partial charge in [0.2, 0.25) is 0 Å². The minimum atomic E-state index is -1.15. The minimum absolute atomic E-state index is 0.173. The molecule has 0 radical (unpaired) electrons. The number of halogens is 1. The Labute approximate surface area is 155 Å². The molecule has 0 aliphatic heterocycles. The number of hydrogen-bond donors (Lipinski definition) is 2. The monoisotopic (exact) mass is 370 g/mol. The molecule has 0 saturated heterocycles. The zero-order valence-corrected chi connectivity index (χ0v) is 14.6. The Hall–Kier alpha value is -3.30. The predicted molar refractivity (Wildman–Crippen MR) is 98.0 cm³/mol. The number of benzene rings is 2. The first-order chi connectivity index (χ1) is 12.4. The van der Waals surface area contributed by atoms with Crippen LogP contribution in [0.1, 0.15) is 11.1 Å². The van der Waals surface area contributed by atoms with Crippen LogP contribution < -0.4 is 10.1 Å². The number of nitrogens with one attached hydrogen (secondary N) is 1. The third-order valence-corrected chi connectivity index (χ3v) is 3.53. The summed E-state index contributed by atoms with van der Waals surface area (Å²) in [6.45, 7) is 1.37. The number of anilines is 1. The van der Waals surface area contributed by atoms with Crippen molar-refractivity contribution in [1.29, 1.82) is 5.26 Å². The van der Waals surface area contributed by atoms with Gasteiger partial charge in [-0.05, 0) is 43.3 Å². The van der Waals surface area contributed by atoms with Gasteiger partial charge in [0.05, 0.1) is 0 Å². The van der Waals surface area contributed by atoms with E-state index in [1.165, 1.54) is 24.3 Å². The summed E-state index contributed by atoms with van der Waals surface area (Å²) in [7, 11) is 0. The van der Waals surface area contributed by atoms with Gasteiger partial charge in [-0.15, -0.1) is 0 Å². The molecule has 0 saturated carbocycles. The van der Waals surface area contributed by atoms with E-state index in [9.17, 15) is 14.9 Å². The average Bonchev–Trinajstić information content (AvgIpc) is 2.60. The summed E-state index contributed by atoms with van der Waals surface area (Å²) >= 11 is 5.95. The molecule has 0 aliphatic rings. The maximum atomic E-state index is 12.3. The average molecular weight is 371 g/mol. The van der Waals surface area contributed by atoms with E-state index >= 15 is 0 Å². The van der Waals surface area contributed by atoms with Crippen LogP contribution in [-0.2, 0) is 9.59 Å². The molecule has 0 heterocycles.